The van der Waals surface area contributed by atoms with Gasteiger partial charge in [0.25, 0.3) is 0 Å². The topological polar surface area (TPSA) is 99.3 Å². The quantitative estimate of drug-likeness (QED) is 0.355. The van der Waals surface area contributed by atoms with Crippen molar-refractivity contribution in [1.29, 1.82) is 0 Å². The fourth-order valence-electron chi connectivity index (χ4n) is 4.27. The third kappa shape index (κ3) is 7.77. The van der Waals surface area contributed by atoms with Crippen LogP contribution in [0.3, 0.4) is 0 Å². The Kier molecular flexibility index (Phi) is 9.18. The Morgan fingerprint density at radius 3 is 2.54 bits per heavy atom. The zero-order chi connectivity index (χ0) is 26.4. The summed E-state index contributed by atoms with van der Waals surface area (Å²) in [6, 6.07) is 9.98. The van der Waals surface area contributed by atoms with Gasteiger partial charge >= 0.3 is 0 Å². The summed E-state index contributed by atoms with van der Waals surface area (Å²) in [6.07, 6.45) is 2.67. The number of nitrogens with zero attached hydrogens (tertiary/aromatic N) is 5. The summed E-state index contributed by atoms with van der Waals surface area (Å²) in [5.74, 6) is 2.56. The SMILES string of the molecule is CC(=O)Cc1ccc(Sc2nc(Nc3cc(C)[nH]n3)c(C)c(N3CCC(OCCN(C)C)CC3)n2)cc1. The Morgan fingerprint density at radius 1 is 1.19 bits per heavy atom. The fraction of sp³-hybridized carbons (Fsp3) is 0.481. The number of piperidine rings is 1. The van der Waals surface area contributed by atoms with Crippen molar-refractivity contribution in [2.45, 2.75) is 56.2 Å². The highest BCUT2D eigenvalue weighted by molar-refractivity contribution is 7.99. The molecule has 0 aliphatic carbocycles. The van der Waals surface area contributed by atoms with Gasteiger partial charge in [0.15, 0.2) is 11.0 Å². The van der Waals surface area contributed by atoms with Crippen molar-refractivity contribution in [3.8, 4) is 0 Å². The molecule has 0 spiro atoms. The standard InChI is InChI=1S/C27H37N7O2S/c1-18-16-24(32-31-18)28-25-20(3)26(34-12-10-22(11-13-34)36-15-14-33(4)5)30-27(29-25)37-23-8-6-21(7-9-23)17-19(2)35/h6-9,16,22H,10-15,17H2,1-5H3,(H2,28,29,30,31,32). The number of ketones is 1. The van der Waals surface area contributed by atoms with E-state index in [1.165, 1.54) is 11.8 Å². The minimum absolute atomic E-state index is 0.156. The van der Waals surface area contributed by atoms with E-state index in [4.69, 9.17) is 14.7 Å². The first-order valence-corrected chi connectivity index (χ1v) is 13.5. The van der Waals surface area contributed by atoms with E-state index in [1.54, 1.807) is 6.92 Å². The van der Waals surface area contributed by atoms with Crippen LogP contribution in [0.25, 0.3) is 0 Å². The maximum Gasteiger partial charge on any atom is 0.196 e. The predicted octanol–water partition coefficient (Wildman–Crippen LogP) is 4.39. The molecule has 3 heterocycles. The van der Waals surface area contributed by atoms with Gasteiger partial charge in [0.1, 0.15) is 17.4 Å². The number of aryl methyl sites for hydroxylation is 1. The van der Waals surface area contributed by atoms with Gasteiger partial charge in [-0.05, 0) is 77.2 Å². The molecule has 1 aromatic carbocycles. The number of anilines is 3. The maximum absolute atomic E-state index is 11.4. The second-order valence-electron chi connectivity index (χ2n) is 9.85. The van der Waals surface area contributed by atoms with Crippen LogP contribution in [-0.4, -0.2) is 77.3 Å². The van der Waals surface area contributed by atoms with E-state index in [1.807, 2.05) is 37.3 Å². The summed E-state index contributed by atoms with van der Waals surface area (Å²) < 4.78 is 6.10. The molecular formula is C27H37N7O2S. The first-order chi connectivity index (χ1) is 17.8. The first kappa shape index (κ1) is 27.1. The van der Waals surface area contributed by atoms with Gasteiger partial charge < -0.3 is 19.9 Å². The van der Waals surface area contributed by atoms with Gasteiger partial charge in [0, 0.05) is 48.3 Å². The van der Waals surface area contributed by atoms with Crippen LogP contribution in [0.4, 0.5) is 17.5 Å². The highest BCUT2D eigenvalue weighted by Crippen LogP contribution is 2.33. The minimum atomic E-state index is 0.156. The lowest BCUT2D eigenvalue weighted by atomic mass is 10.1. The van der Waals surface area contributed by atoms with Crippen LogP contribution in [0.15, 0.2) is 40.4 Å². The summed E-state index contributed by atoms with van der Waals surface area (Å²) in [6.45, 7) is 9.10. The van der Waals surface area contributed by atoms with Crippen molar-refractivity contribution in [1.82, 2.24) is 25.1 Å². The number of Topliss-reactive ketones (excluding diaryl/α,β-unsaturated/α-hetero) is 1. The molecule has 0 atom stereocenters. The predicted molar refractivity (Wildman–Crippen MR) is 148 cm³/mol. The lowest BCUT2D eigenvalue weighted by molar-refractivity contribution is -0.116. The van der Waals surface area contributed by atoms with Crippen LogP contribution in [0.1, 0.15) is 36.6 Å². The monoisotopic (exact) mass is 523 g/mol. The highest BCUT2D eigenvalue weighted by Gasteiger charge is 2.24. The fourth-order valence-corrected chi connectivity index (χ4v) is 5.02. The van der Waals surface area contributed by atoms with Crippen molar-refractivity contribution < 1.29 is 9.53 Å². The van der Waals surface area contributed by atoms with Crippen molar-refractivity contribution in [3.63, 3.8) is 0 Å². The molecule has 2 N–H and O–H groups in total. The Morgan fingerprint density at radius 2 is 1.92 bits per heavy atom. The van der Waals surface area contributed by atoms with E-state index in [-0.39, 0.29) is 11.9 Å². The molecule has 1 aliphatic rings. The first-order valence-electron chi connectivity index (χ1n) is 12.7. The molecule has 0 saturated carbocycles. The Bertz CT molecular complexity index is 1190. The molecule has 2 aromatic heterocycles. The van der Waals surface area contributed by atoms with E-state index in [9.17, 15) is 4.79 Å². The minimum Gasteiger partial charge on any atom is -0.377 e. The normalized spacial score (nSPS) is 14.4. The molecule has 0 radical (unpaired) electrons. The molecule has 4 rings (SSSR count). The van der Waals surface area contributed by atoms with Crippen LogP contribution >= 0.6 is 11.8 Å². The molecule has 1 aliphatic heterocycles. The lowest BCUT2D eigenvalue weighted by Gasteiger charge is -2.34. The maximum atomic E-state index is 11.4. The van der Waals surface area contributed by atoms with Gasteiger partial charge in [-0.15, -0.1) is 0 Å². The van der Waals surface area contributed by atoms with Crippen molar-refractivity contribution in [3.05, 3.63) is 47.2 Å². The molecule has 0 bridgehead atoms. The van der Waals surface area contributed by atoms with E-state index in [0.29, 0.717) is 11.6 Å². The summed E-state index contributed by atoms with van der Waals surface area (Å²) in [7, 11) is 4.13. The largest absolute Gasteiger partial charge is 0.377 e. The Hall–Kier alpha value is -2.95. The summed E-state index contributed by atoms with van der Waals surface area (Å²) >= 11 is 1.51. The molecule has 10 heteroatoms. The number of carbonyl (C=O) groups excluding carboxylic acids is 1. The van der Waals surface area contributed by atoms with Crippen molar-refractivity contribution in [2.75, 3.05) is 50.6 Å². The third-order valence-electron chi connectivity index (χ3n) is 6.27. The van der Waals surface area contributed by atoms with Crippen molar-refractivity contribution in [2.24, 2.45) is 0 Å². The van der Waals surface area contributed by atoms with Crippen LogP contribution < -0.4 is 10.2 Å². The molecule has 37 heavy (non-hydrogen) atoms. The number of carbonyl (C=O) groups is 1. The zero-order valence-electron chi connectivity index (χ0n) is 22.4. The van der Waals surface area contributed by atoms with Crippen LogP contribution in [-0.2, 0) is 16.0 Å². The number of hydrogen-bond acceptors (Lipinski definition) is 9. The summed E-state index contributed by atoms with van der Waals surface area (Å²) in [5.41, 5.74) is 2.98. The molecule has 198 valence electrons. The second kappa shape index (κ2) is 12.5. The van der Waals surface area contributed by atoms with Crippen LogP contribution in [0, 0.1) is 13.8 Å². The number of H-pyrrole nitrogens is 1. The molecule has 9 nitrogen and oxygen atoms in total. The summed E-state index contributed by atoms with van der Waals surface area (Å²) in [5, 5.41) is 11.3. The number of likely N-dealkylation sites (N-methyl/N-ethyl adjacent to an activating group) is 1. The van der Waals surface area contributed by atoms with Crippen molar-refractivity contribution >= 4 is 35.0 Å². The number of rotatable bonds is 11. The van der Waals surface area contributed by atoms with Gasteiger partial charge in [-0.1, -0.05) is 12.1 Å². The molecule has 1 fully saturated rings. The number of benzene rings is 1. The highest BCUT2D eigenvalue weighted by atomic mass is 32.2. The Labute approximate surface area is 223 Å². The van der Waals surface area contributed by atoms with E-state index in [2.05, 4.69) is 46.3 Å². The summed E-state index contributed by atoms with van der Waals surface area (Å²) in [4.78, 5) is 26.8. The molecule has 3 aromatic rings. The zero-order valence-corrected chi connectivity index (χ0v) is 23.2. The number of ether oxygens (including phenoxy) is 1. The van der Waals surface area contributed by atoms with Gasteiger partial charge in [-0.2, -0.15) is 5.10 Å². The van der Waals surface area contributed by atoms with E-state index in [0.717, 1.165) is 78.3 Å². The van der Waals surface area contributed by atoms with Gasteiger partial charge in [-0.3, -0.25) is 9.89 Å². The average Bonchev–Trinajstić information content (AvgIpc) is 3.26. The lowest BCUT2D eigenvalue weighted by Crippen LogP contribution is -2.38. The number of nitrogens with one attached hydrogen (secondary N) is 2. The number of aromatic amines is 1. The average molecular weight is 524 g/mol. The van der Waals surface area contributed by atoms with Crippen LogP contribution in [0.5, 0.6) is 0 Å². The number of aromatic nitrogens is 4. The molecule has 0 amide bonds. The smallest absolute Gasteiger partial charge is 0.196 e. The molecule has 0 unspecified atom stereocenters. The van der Waals surface area contributed by atoms with Crippen LogP contribution in [0.2, 0.25) is 0 Å². The molecule has 1 saturated heterocycles. The third-order valence-corrected chi connectivity index (χ3v) is 7.14. The van der Waals surface area contributed by atoms with E-state index < -0.39 is 0 Å². The van der Waals surface area contributed by atoms with Gasteiger partial charge in [-0.25, -0.2) is 9.97 Å². The molecular weight excluding hydrogens is 486 g/mol. The second-order valence-corrected chi connectivity index (χ2v) is 10.9. The number of hydrogen-bond donors (Lipinski definition) is 2. The van der Waals surface area contributed by atoms with Gasteiger partial charge in [0.05, 0.1) is 12.7 Å². The van der Waals surface area contributed by atoms with E-state index >= 15 is 0 Å². The van der Waals surface area contributed by atoms with Gasteiger partial charge in [0.2, 0.25) is 0 Å². The Balaban J connectivity index is 1.53.